The first-order chi connectivity index (χ1) is 8.08. The molecule has 0 aliphatic carbocycles. The third kappa shape index (κ3) is 3.97. The van der Waals surface area contributed by atoms with E-state index in [4.69, 9.17) is 4.74 Å². The van der Waals surface area contributed by atoms with Gasteiger partial charge in [-0.2, -0.15) is 0 Å². The van der Waals surface area contributed by atoms with E-state index in [1.165, 1.54) is 12.0 Å². The second kappa shape index (κ2) is 6.55. The number of benzene rings is 1. The fourth-order valence-corrected chi connectivity index (χ4v) is 1.95. The fourth-order valence-electron chi connectivity index (χ4n) is 1.49. The number of carbonyl (C=O) groups is 1. The molecule has 0 aliphatic rings. The third-order valence-electron chi connectivity index (χ3n) is 2.79. The maximum atomic E-state index is 11.4. The molecule has 1 rings (SSSR count). The number of methoxy groups -OCH3 is 1. The lowest BCUT2D eigenvalue weighted by atomic mass is 10.0. The summed E-state index contributed by atoms with van der Waals surface area (Å²) in [6.07, 6.45) is 2.04. The van der Waals surface area contributed by atoms with Crippen molar-refractivity contribution in [3.8, 4) is 0 Å². The van der Waals surface area contributed by atoms with Crippen molar-refractivity contribution in [2.75, 3.05) is 18.7 Å². The van der Waals surface area contributed by atoms with Gasteiger partial charge in [-0.15, -0.1) is 11.8 Å². The van der Waals surface area contributed by atoms with Crippen LogP contribution in [-0.2, 0) is 9.53 Å². The summed E-state index contributed by atoms with van der Waals surface area (Å²) in [5.41, 5.74) is 1.03. The van der Waals surface area contributed by atoms with E-state index in [-0.39, 0.29) is 17.9 Å². The van der Waals surface area contributed by atoms with Gasteiger partial charge in [0.25, 0.3) is 0 Å². The Bertz CT molecular complexity index is 381. The van der Waals surface area contributed by atoms with Gasteiger partial charge in [0, 0.05) is 16.6 Å². The van der Waals surface area contributed by atoms with Crippen LogP contribution >= 0.6 is 11.8 Å². The van der Waals surface area contributed by atoms with Crippen LogP contribution in [0, 0.1) is 5.92 Å². The number of esters is 1. The summed E-state index contributed by atoms with van der Waals surface area (Å²) in [5.74, 6) is -0.357. The molecule has 0 fully saturated rings. The summed E-state index contributed by atoms with van der Waals surface area (Å²) in [4.78, 5) is 12.6. The zero-order valence-corrected chi connectivity index (χ0v) is 11.5. The maximum Gasteiger partial charge on any atom is 0.310 e. The molecule has 3 nitrogen and oxygen atoms in total. The molecule has 0 saturated heterocycles. The summed E-state index contributed by atoms with van der Waals surface area (Å²) >= 11 is 1.70. The average Bonchev–Trinajstić information content (AvgIpc) is 2.37. The molecule has 0 heterocycles. The lowest BCUT2D eigenvalue weighted by Crippen LogP contribution is -2.30. The fraction of sp³-hybridized carbons (Fsp3) is 0.462. The highest BCUT2D eigenvalue weighted by molar-refractivity contribution is 7.98. The normalized spacial score (nSPS) is 13.9. The molecular formula is C13H19NO2S. The van der Waals surface area contributed by atoms with Crippen LogP contribution in [-0.4, -0.2) is 25.4 Å². The molecule has 0 aliphatic heterocycles. The van der Waals surface area contributed by atoms with Crippen LogP contribution in [0.2, 0.25) is 0 Å². The molecule has 0 bridgehead atoms. The molecular weight excluding hydrogens is 234 g/mol. The van der Waals surface area contributed by atoms with E-state index in [0.29, 0.717) is 0 Å². The van der Waals surface area contributed by atoms with Gasteiger partial charge in [-0.3, -0.25) is 4.79 Å². The van der Waals surface area contributed by atoms with Gasteiger partial charge < -0.3 is 10.1 Å². The minimum atomic E-state index is -0.189. The highest BCUT2D eigenvalue weighted by Crippen LogP contribution is 2.20. The van der Waals surface area contributed by atoms with E-state index in [1.807, 2.05) is 32.2 Å². The van der Waals surface area contributed by atoms with Gasteiger partial charge in [-0.1, -0.05) is 6.07 Å². The van der Waals surface area contributed by atoms with E-state index < -0.39 is 0 Å². The van der Waals surface area contributed by atoms with Crippen molar-refractivity contribution in [1.29, 1.82) is 0 Å². The Hall–Kier alpha value is -1.16. The van der Waals surface area contributed by atoms with Crippen molar-refractivity contribution < 1.29 is 9.53 Å². The van der Waals surface area contributed by atoms with Crippen LogP contribution in [0.3, 0.4) is 0 Å². The predicted octanol–water partition coefficient (Wildman–Crippen LogP) is 3.02. The SMILES string of the molecule is COC(=O)C(C)C(C)Nc1cccc(SC)c1. The molecule has 1 N–H and O–H groups in total. The van der Waals surface area contributed by atoms with Gasteiger partial charge in [0.2, 0.25) is 0 Å². The average molecular weight is 253 g/mol. The zero-order chi connectivity index (χ0) is 12.8. The lowest BCUT2D eigenvalue weighted by Gasteiger charge is -2.20. The number of anilines is 1. The van der Waals surface area contributed by atoms with Crippen molar-refractivity contribution in [2.45, 2.75) is 24.8 Å². The van der Waals surface area contributed by atoms with Crippen molar-refractivity contribution in [3.63, 3.8) is 0 Å². The number of thioether (sulfide) groups is 1. The second-order valence-electron chi connectivity index (χ2n) is 3.98. The van der Waals surface area contributed by atoms with E-state index in [1.54, 1.807) is 11.8 Å². The topological polar surface area (TPSA) is 38.3 Å². The molecule has 0 amide bonds. The van der Waals surface area contributed by atoms with Gasteiger partial charge in [0.1, 0.15) is 0 Å². The van der Waals surface area contributed by atoms with Gasteiger partial charge in [0.15, 0.2) is 0 Å². The summed E-state index contributed by atoms with van der Waals surface area (Å²) in [6, 6.07) is 8.18. The van der Waals surface area contributed by atoms with Crippen LogP contribution < -0.4 is 5.32 Å². The number of ether oxygens (including phenoxy) is 1. The first kappa shape index (κ1) is 13.9. The summed E-state index contributed by atoms with van der Waals surface area (Å²) in [7, 11) is 1.42. The molecule has 1 aromatic rings. The molecule has 4 heteroatoms. The van der Waals surface area contributed by atoms with Crippen molar-refractivity contribution in [1.82, 2.24) is 0 Å². The van der Waals surface area contributed by atoms with Crippen molar-refractivity contribution in [3.05, 3.63) is 24.3 Å². The molecule has 17 heavy (non-hydrogen) atoms. The van der Waals surface area contributed by atoms with Crippen LogP contribution in [0.15, 0.2) is 29.2 Å². The largest absolute Gasteiger partial charge is 0.469 e. The van der Waals surface area contributed by atoms with E-state index in [2.05, 4.69) is 17.4 Å². The Kier molecular flexibility index (Phi) is 5.35. The minimum Gasteiger partial charge on any atom is -0.469 e. The molecule has 94 valence electrons. The number of hydrogen-bond acceptors (Lipinski definition) is 4. The molecule has 1 aromatic carbocycles. The molecule has 0 saturated carbocycles. The smallest absolute Gasteiger partial charge is 0.310 e. The monoisotopic (exact) mass is 253 g/mol. The standard InChI is InChI=1S/C13H19NO2S/c1-9(13(15)16-3)10(2)14-11-6-5-7-12(8-11)17-4/h5-10,14H,1-4H3. The highest BCUT2D eigenvalue weighted by Gasteiger charge is 2.20. The number of hydrogen-bond donors (Lipinski definition) is 1. The predicted molar refractivity (Wildman–Crippen MR) is 72.5 cm³/mol. The minimum absolute atomic E-state index is 0.0413. The van der Waals surface area contributed by atoms with Gasteiger partial charge in [-0.05, 0) is 38.3 Å². The van der Waals surface area contributed by atoms with Gasteiger partial charge >= 0.3 is 5.97 Å². The Labute approximate surface area is 107 Å². The van der Waals surface area contributed by atoms with Crippen LogP contribution in [0.1, 0.15) is 13.8 Å². The quantitative estimate of drug-likeness (QED) is 0.646. The zero-order valence-electron chi connectivity index (χ0n) is 10.7. The molecule has 2 atom stereocenters. The number of nitrogens with one attached hydrogen (secondary N) is 1. The number of rotatable bonds is 5. The molecule has 0 radical (unpaired) electrons. The summed E-state index contributed by atoms with van der Waals surface area (Å²) < 4.78 is 4.73. The summed E-state index contributed by atoms with van der Waals surface area (Å²) in [5, 5.41) is 3.32. The maximum absolute atomic E-state index is 11.4. The van der Waals surface area contributed by atoms with E-state index >= 15 is 0 Å². The molecule has 2 unspecified atom stereocenters. The van der Waals surface area contributed by atoms with Crippen LogP contribution in [0.5, 0.6) is 0 Å². The second-order valence-corrected chi connectivity index (χ2v) is 4.86. The lowest BCUT2D eigenvalue weighted by molar-refractivity contribution is -0.145. The Balaban J connectivity index is 2.66. The number of carbonyl (C=O) groups excluding carboxylic acids is 1. The molecule has 0 spiro atoms. The van der Waals surface area contributed by atoms with E-state index in [0.717, 1.165) is 5.69 Å². The van der Waals surface area contributed by atoms with Crippen molar-refractivity contribution in [2.24, 2.45) is 5.92 Å². The Morgan fingerprint density at radius 2 is 2.12 bits per heavy atom. The molecule has 0 aromatic heterocycles. The van der Waals surface area contributed by atoms with E-state index in [9.17, 15) is 4.79 Å². The third-order valence-corrected chi connectivity index (χ3v) is 3.51. The first-order valence-corrected chi connectivity index (χ1v) is 6.79. The van der Waals surface area contributed by atoms with Crippen molar-refractivity contribution >= 4 is 23.4 Å². The highest BCUT2D eigenvalue weighted by atomic mass is 32.2. The Morgan fingerprint density at radius 1 is 1.41 bits per heavy atom. The Morgan fingerprint density at radius 3 is 2.71 bits per heavy atom. The van der Waals surface area contributed by atoms with Crippen LogP contribution in [0.25, 0.3) is 0 Å². The van der Waals surface area contributed by atoms with Gasteiger partial charge in [0.05, 0.1) is 13.0 Å². The summed E-state index contributed by atoms with van der Waals surface area (Å²) in [6.45, 7) is 3.84. The van der Waals surface area contributed by atoms with Gasteiger partial charge in [-0.25, -0.2) is 0 Å². The van der Waals surface area contributed by atoms with Crippen LogP contribution in [0.4, 0.5) is 5.69 Å². The first-order valence-electron chi connectivity index (χ1n) is 5.57.